The van der Waals surface area contributed by atoms with Crippen LogP contribution in [0.15, 0.2) is 47.4 Å². The van der Waals surface area contributed by atoms with E-state index < -0.39 is 25.7 Å². The van der Waals surface area contributed by atoms with Gasteiger partial charge in [-0.1, -0.05) is 43.1 Å². The second-order valence-corrected chi connectivity index (χ2v) is 12.4. The zero-order valence-corrected chi connectivity index (χ0v) is 21.5. The lowest BCUT2D eigenvalue weighted by Gasteiger charge is -2.27. The third kappa shape index (κ3) is 5.76. The fourth-order valence-corrected chi connectivity index (χ4v) is 5.66. The largest absolute Gasteiger partial charge is 0.314 e. The first kappa shape index (κ1) is 26.1. The number of sulfone groups is 1. The van der Waals surface area contributed by atoms with Crippen molar-refractivity contribution in [2.75, 3.05) is 22.9 Å². The summed E-state index contributed by atoms with van der Waals surface area (Å²) in [5.74, 6) is -0.270. The molecule has 0 aliphatic heterocycles. The first-order chi connectivity index (χ1) is 16.0. The lowest BCUT2D eigenvalue weighted by Crippen LogP contribution is -2.32. The number of rotatable bonds is 10. The molecule has 0 spiro atoms. The van der Waals surface area contributed by atoms with Gasteiger partial charge in [0.25, 0.3) is 10.0 Å². The molecule has 3 rings (SSSR count). The molecule has 0 saturated heterocycles. The number of hydrogen-bond acceptors (Lipinski definition) is 6. The van der Waals surface area contributed by atoms with Gasteiger partial charge in [-0.3, -0.25) is 4.31 Å². The van der Waals surface area contributed by atoms with Gasteiger partial charge >= 0.3 is 0 Å². The van der Waals surface area contributed by atoms with Gasteiger partial charge in [0, 0.05) is 37.9 Å². The van der Waals surface area contributed by atoms with Crippen molar-refractivity contribution in [3.63, 3.8) is 0 Å². The molecule has 1 heterocycles. The quantitative estimate of drug-likeness (QED) is 0.396. The number of hydrogen-bond donors (Lipinski definition) is 0. The van der Waals surface area contributed by atoms with Crippen LogP contribution in [-0.2, 0) is 33.3 Å². The number of aromatic nitrogens is 3. The lowest BCUT2D eigenvalue weighted by atomic mass is 10.1. The zero-order chi connectivity index (χ0) is 25.1. The molecule has 0 amide bonds. The van der Waals surface area contributed by atoms with E-state index in [4.69, 9.17) is 11.6 Å². The molecule has 0 aliphatic carbocycles. The predicted molar refractivity (Wildman–Crippen MR) is 131 cm³/mol. The van der Waals surface area contributed by atoms with E-state index in [1.807, 2.05) is 6.92 Å². The summed E-state index contributed by atoms with van der Waals surface area (Å²) in [5, 5.41) is 8.02. The number of aryl methyl sites for hydroxylation is 1. The molecular weight excluding hydrogens is 503 g/mol. The number of sulfonamides is 1. The van der Waals surface area contributed by atoms with Crippen LogP contribution in [0.1, 0.15) is 25.6 Å². The standard InChI is InChI=1S/C22H26ClFN4O4S2/c1-4-5-12-28(34(31,32)16-9-7-6-8-10-16)20-15-19(24)18(23)14-17(20)22-26-25-21(27(22)2)11-13-33(3,29)30/h6-10,14-15H,4-5,11-13H2,1-3H3. The second kappa shape index (κ2) is 10.4. The Morgan fingerprint density at radius 2 is 1.76 bits per heavy atom. The maximum Gasteiger partial charge on any atom is 0.264 e. The number of anilines is 1. The summed E-state index contributed by atoms with van der Waals surface area (Å²) in [6, 6.07) is 10.3. The first-order valence-electron chi connectivity index (χ1n) is 10.6. The third-order valence-electron chi connectivity index (χ3n) is 5.26. The van der Waals surface area contributed by atoms with E-state index in [1.54, 1.807) is 29.8 Å². The molecule has 0 bridgehead atoms. The number of benzene rings is 2. The van der Waals surface area contributed by atoms with Crippen molar-refractivity contribution in [1.29, 1.82) is 0 Å². The molecule has 12 heteroatoms. The highest BCUT2D eigenvalue weighted by atomic mass is 35.5. The van der Waals surface area contributed by atoms with Crippen LogP contribution in [0.2, 0.25) is 5.02 Å². The van der Waals surface area contributed by atoms with Crippen molar-refractivity contribution in [2.45, 2.75) is 31.1 Å². The molecule has 0 unspecified atom stereocenters. The Morgan fingerprint density at radius 1 is 1.09 bits per heavy atom. The Labute approximate surface area is 204 Å². The third-order valence-corrected chi connectivity index (χ3v) is 8.32. The van der Waals surface area contributed by atoms with E-state index >= 15 is 0 Å². The molecule has 0 radical (unpaired) electrons. The van der Waals surface area contributed by atoms with Crippen LogP contribution in [0.25, 0.3) is 11.4 Å². The number of halogens is 2. The van der Waals surface area contributed by atoms with Crippen LogP contribution >= 0.6 is 11.6 Å². The maximum atomic E-state index is 14.6. The zero-order valence-electron chi connectivity index (χ0n) is 19.1. The van der Waals surface area contributed by atoms with Gasteiger partial charge in [0.1, 0.15) is 21.5 Å². The molecule has 1 aromatic heterocycles. The molecule has 8 nitrogen and oxygen atoms in total. The Bertz CT molecular complexity index is 1380. The molecule has 0 atom stereocenters. The summed E-state index contributed by atoms with van der Waals surface area (Å²) >= 11 is 6.08. The van der Waals surface area contributed by atoms with Crippen LogP contribution in [0.4, 0.5) is 10.1 Å². The Balaban J connectivity index is 2.18. The summed E-state index contributed by atoms with van der Waals surface area (Å²) in [5.41, 5.74) is 0.340. The number of nitrogens with zero attached hydrogens (tertiary/aromatic N) is 4. The van der Waals surface area contributed by atoms with E-state index in [9.17, 15) is 21.2 Å². The predicted octanol–water partition coefficient (Wildman–Crippen LogP) is 3.86. The Hall–Kier alpha value is -2.50. The van der Waals surface area contributed by atoms with Gasteiger partial charge in [-0.2, -0.15) is 0 Å². The van der Waals surface area contributed by atoms with Gasteiger partial charge in [0.05, 0.1) is 21.4 Å². The van der Waals surface area contributed by atoms with Gasteiger partial charge in [-0.25, -0.2) is 21.2 Å². The van der Waals surface area contributed by atoms with Crippen molar-refractivity contribution >= 4 is 37.1 Å². The van der Waals surface area contributed by atoms with Crippen LogP contribution in [-0.4, -0.2) is 50.2 Å². The normalized spacial score (nSPS) is 12.1. The number of unbranched alkanes of at least 4 members (excludes halogenated alkanes) is 1. The fraction of sp³-hybridized carbons (Fsp3) is 0.364. The summed E-state index contributed by atoms with van der Waals surface area (Å²) in [7, 11) is -5.63. The van der Waals surface area contributed by atoms with Gasteiger partial charge < -0.3 is 4.57 Å². The highest BCUT2D eigenvalue weighted by Gasteiger charge is 2.29. The van der Waals surface area contributed by atoms with E-state index in [0.717, 1.165) is 16.6 Å². The summed E-state index contributed by atoms with van der Waals surface area (Å²) in [4.78, 5) is 0.0687. The fourth-order valence-electron chi connectivity index (χ4n) is 3.40. The molecule has 2 aromatic carbocycles. The smallest absolute Gasteiger partial charge is 0.264 e. The van der Waals surface area contributed by atoms with E-state index in [-0.39, 0.29) is 45.7 Å². The van der Waals surface area contributed by atoms with Crippen LogP contribution in [0.5, 0.6) is 0 Å². The summed E-state index contributed by atoms with van der Waals surface area (Å²) in [6.07, 6.45) is 2.50. The monoisotopic (exact) mass is 528 g/mol. The highest BCUT2D eigenvalue weighted by Crippen LogP contribution is 2.37. The van der Waals surface area contributed by atoms with Crippen molar-refractivity contribution < 1.29 is 21.2 Å². The first-order valence-corrected chi connectivity index (χ1v) is 14.5. The molecule has 0 saturated carbocycles. The minimum atomic E-state index is -4.04. The lowest BCUT2D eigenvalue weighted by molar-refractivity contribution is 0.588. The minimum Gasteiger partial charge on any atom is -0.314 e. The van der Waals surface area contributed by atoms with Crippen LogP contribution in [0, 0.1) is 5.82 Å². The molecular formula is C22H26ClFN4O4S2. The van der Waals surface area contributed by atoms with Crippen molar-refractivity contribution in [3.8, 4) is 11.4 Å². The average Bonchev–Trinajstić information content (AvgIpc) is 3.15. The molecule has 184 valence electrons. The molecule has 0 aliphatic rings. The topological polar surface area (TPSA) is 102 Å². The van der Waals surface area contributed by atoms with Crippen molar-refractivity contribution in [3.05, 3.63) is 59.1 Å². The minimum absolute atomic E-state index is 0.0687. The van der Waals surface area contributed by atoms with E-state index in [2.05, 4.69) is 10.2 Å². The SMILES string of the molecule is CCCCN(c1cc(F)c(Cl)cc1-c1nnc(CCS(C)(=O)=O)n1C)S(=O)(=O)c1ccccc1. The van der Waals surface area contributed by atoms with Crippen LogP contribution in [0.3, 0.4) is 0 Å². The molecule has 3 aromatic rings. The molecule has 0 N–H and O–H groups in total. The van der Waals surface area contributed by atoms with Gasteiger partial charge in [0.2, 0.25) is 0 Å². The van der Waals surface area contributed by atoms with Gasteiger partial charge in [-0.05, 0) is 24.6 Å². The van der Waals surface area contributed by atoms with E-state index in [1.165, 1.54) is 18.2 Å². The summed E-state index contributed by atoms with van der Waals surface area (Å²) in [6.45, 7) is 2.04. The van der Waals surface area contributed by atoms with Crippen molar-refractivity contribution in [1.82, 2.24) is 14.8 Å². The maximum absolute atomic E-state index is 14.6. The van der Waals surface area contributed by atoms with E-state index in [0.29, 0.717) is 18.7 Å². The Morgan fingerprint density at radius 3 is 2.38 bits per heavy atom. The second-order valence-electron chi connectivity index (χ2n) is 7.91. The van der Waals surface area contributed by atoms with Crippen LogP contribution < -0.4 is 4.31 Å². The summed E-state index contributed by atoms with van der Waals surface area (Å²) < 4.78 is 67.7. The molecule has 34 heavy (non-hydrogen) atoms. The van der Waals surface area contributed by atoms with Crippen molar-refractivity contribution in [2.24, 2.45) is 7.05 Å². The Kier molecular flexibility index (Phi) is 7.99. The highest BCUT2D eigenvalue weighted by molar-refractivity contribution is 7.92. The van der Waals surface area contributed by atoms with Gasteiger partial charge in [0.15, 0.2) is 5.82 Å². The molecule has 0 fully saturated rings. The average molecular weight is 529 g/mol. The van der Waals surface area contributed by atoms with Gasteiger partial charge in [-0.15, -0.1) is 10.2 Å².